The van der Waals surface area contributed by atoms with Gasteiger partial charge in [-0.2, -0.15) is 0 Å². The molecule has 0 amide bonds. The SMILES string of the molecule is Oc1cc(O)cc(/C=C/Cc2ccccc2)c1. The average Bonchev–Trinajstić information content (AvgIpc) is 2.29. The van der Waals surface area contributed by atoms with Crippen molar-refractivity contribution in [2.75, 3.05) is 0 Å². The van der Waals surface area contributed by atoms with Crippen molar-refractivity contribution in [2.45, 2.75) is 6.42 Å². The van der Waals surface area contributed by atoms with Crippen molar-refractivity contribution < 1.29 is 10.2 Å². The zero-order chi connectivity index (χ0) is 12.1. The molecule has 0 spiro atoms. The monoisotopic (exact) mass is 226 g/mol. The van der Waals surface area contributed by atoms with Crippen molar-refractivity contribution in [3.63, 3.8) is 0 Å². The van der Waals surface area contributed by atoms with Gasteiger partial charge < -0.3 is 10.2 Å². The number of hydrogen-bond acceptors (Lipinski definition) is 2. The third-order valence-corrected chi connectivity index (χ3v) is 2.43. The molecule has 0 bridgehead atoms. The lowest BCUT2D eigenvalue weighted by molar-refractivity contribution is 0.450. The second kappa shape index (κ2) is 5.21. The standard InChI is InChI=1S/C15H14O2/c16-14-9-13(10-15(17)11-14)8-4-7-12-5-2-1-3-6-12/h1-6,8-11,16-17H,7H2/b8-4+. The van der Waals surface area contributed by atoms with E-state index in [1.807, 2.05) is 30.4 Å². The summed E-state index contributed by atoms with van der Waals surface area (Å²) in [6.45, 7) is 0. The molecule has 2 nitrogen and oxygen atoms in total. The highest BCUT2D eigenvalue weighted by Gasteiger charge is 1.95. The first-order chi connectivity index (χ1) is 8.24. The van der Waals surface area contributed by atoms with E-state index in [1.165, 1.54) is 11.6 Å². The highest BCUT2D eigenvalue weighted by molar-refractivity contribution is 5.55. The van der Waals surface area contributed by atoms with Crippen LogP contribution in [0.15, 0.2) is 54.6 Å². The van der Waals surface area contributed by atoms with E-state index in [9.17, 15) is 10.2 Å². The minimum Gasteiger partial charge on any atom is -0.508 e. The van der Waals surface area contributed by atoms with Crippen LogP contribution in [0.25, 0.3) is 6.08 Å². The van der Waals surface area contributed by atoms with Gasteiger partial charge in [-0.3, -0.25) is 0 Å². The smallest absolute Gasteiger partial charge is 0.119 e. The van der Waals surface area contributed by atoms with Crippen LogP contribution in [0, 0.1) is 0 Å². The third-order valence-electron chi connectivity index (χ3n) is 2.43. The number of allylic oxidation sites excluding steroid dienone is 1. The Balaban J connectivity index is 2.06. The van der Waals surface area contributed by atoms with Gasteiger partial charge in [0.2, 0.25) is 0 Å². The second-order valence-electron chi connectivity index (χ2n) is 3.87. The topological polar surface area (TPSA) is 40.5 Å². The van der Waals surface area contributed by atoms with Crippen LogP contribution >= 0.6 is 0 Å². The maximum atomic E-state index is 9.32. The van der Waals surface area contributed by atoms with Crippen molar-refractivity contribution in [2.24, 2.45) is 0 Å². The minimum atomic E-state index is 0.0735. The summed E-state index contributed by atoms with van der Waals surface area (Å²) in [5.41, 5.74) is 2.02. The van der Waals surface area contributed by atoms with Gasteiger partial charge in [0, 0.05) is 6.07 Å². The van der Waals surface area contributed by atoms with E-state index in [4.69, 9.17) is 0 Å². The fourth-order valence-corrected chi connectivity index (χ4v) is 1.66. The molecule has 0 saturated heterocycles. The van der Waals surface area contributed by atoms with Crippen LogP contribution in [0.5, 0.6) is 11.5 Å². The van der Waals surface area contributed by atoms with Crippen molar-refractivity contribution in [3.8, 4) is 11.5 Å². The van der Waals surface area contributed by atoms with E-state index in [1.54, 1.807) is 12.1 Å². The van der Waals surface area contributed by atoms with Gasteiger partial charge in [0.15, 0.2) is 0 Å². The van der Waals surface area contributed by atoms with Gasteiger partial charge >= 0.3 is 0 Å². The Morgan fingerprint density at radius 1 is 0.882 bits per heavy atom. The first-order valence-electron chi connectivity index (χ1n) is 5.47. The molecule has 0 aliphatic carbocycles. The summed E-state index contributed by atoms with van der Waals surface area (Å²) < 4.78 is 0. The van der Waals surface area contributed by atoms with E-state index >= 15 is 0 Å². The summed E-state index contributed by atoms with van der Waals surface area (Å²) in [6, 6.07) is 14.7. The van der Waals surface area contributed by atoms with Crippen LogP contribution in [0.2, 0.25) is 0 Å². The average molecular weight is 226 g/mol. The summed E-state index contributed by atoms with van der Waals surface area (Å²) in [4.78, 5) is 0. The van der Waals surface area contributed by atoms with Crippen LogP contribution in [0.4, 0.5) is 0 Å². The Labute approximate surface area is 100 Å². The van der Waals surface area contributed by atoms with Gasteiger partial charge in [0.1, 0.15) is 11.5 Å². The molecule has 2 aromatic rings. The van der Waals surface area contributed by atoms with Gasteiger partial charge in [0.05, 0.1) is 0 Å². The maximum absolute atomic E-state index is 9.32. The highest BCUT2D eigenvalue weighted by atomic mass is 16.3. The Morgan fingerprint density at radius 2 is 1.53 bits per heavy atom. The van der Waals surface area contributed by atoms with Gasteiger partial charge in [-0.15, -0.1) is 0 Å². The van der Waals surface area contributed by atoms with Crippen LogP contribution < -0.4 is 0 Å². The Hall–Kier alpha value is -2.22. The first-order valence-corrected chi connectivity index (χ1v) is 5.47. The number of phenolic OH excluding ortho intramolecular Hbond substituents is 2. The molecule has 17 heavy (non-hydrogen) atoms. The molecule has 2 heteroatoms. The van der Waals surface area contributed by atoms with Crippen molar-refractivity contribution in [1.82, 2.24) is 0 Å². The van der Waals surface area contributed by atoms with Crippen LogP contribution in [0.1, 0.15) is 11.1 Å². The Kier molecular flexibility index (Phi) is 3.46. The molecule has 0 saturated carbocycles. The molecule has 0 fully saturated rings. The van der Waals surface area contributed by atoms with E-state index in [0.29, 0.717) is 0 Å². The molecular formula is C15H14O2. The summed E-state index contributed by atoms with van der Waals surface area (Å²) in [6.07, 6.45) is 4.72. The quantitative estimate of drug-likeness (QED) is 0.842. The fourth-order valence-electron chi connectivity index (χ4n) is 1.66. The zero-order valence-corrected chi connectivity index (χ0v) is 9.38. The molecule has 2 aromatic carbocycles. The summed E-state index contributed by atoms with van der Waals surface area (Å²) in [5, 5.41) is 18.6. The van der Waals surface area contributed by atoms with Gasteiger partial charge in [0.25, 0.3) is 0 Å². The van der Waals surface area contributed by atoms with Gasteiger partial charge in [-0.1, -0.05) is 42.5 Å². The first kappa shape index (κ1) is 11.3. The molecule has 0 aliphatic heterocycles. The number of phenols is 2. The molecule has 2 rings (SSSR count). The van der Waals surface area contributed by atoms with E-state index < -0.39 is 0 Å². The predicted octanol–water partition coefficient (Wildman–Crippen LogP) is 3.35. The Morgan fingerprint density at radius 3 is 2.18 bits per heavy atom. The van der Waals surface area contributed by atoms with Gasteiger partial charge in [-0.25, -0.2) is 0 Å². The number of benzene rings is 2. The summed E-state index contributed by atoms with van der Waals surface area (Å²) in [7, 11) is 0. The lowest BCUT2D eigenvalue weighted by Gasteiger charge is -1.98. The van der Waals surface area contributed by atoms with Crippen molar-refractivity contribution in [3.05, 3.63) is 65.7 Å². The molecule has 2 N–H and O–H groups in total. The molecule has 86 valence electrons. The van der Waals surface area contributed by atoms with E-state index in [0.717, 1.165) is 12.0 Å². The van der Waals surface area contributed by atoms with Gasteiger partial charge in [-0.05, 0) is 29.7 Å². The van der Waals surface area contributed by atoms with Crippen LogP contribution in [-0.2, 0) is 6.42 Å². The number of rotatable bonds is 3. The fraction of sp³-hybridized carbons (Fsp3) is 0.0667. The van der Waals surface area contributed by atoms with E-state index in [2.05, 4.69) is 12.1 Å². The second-order valence-corrected chi connectivity index (χ2v) is 3.87. The lowest BCUT2D eigenvalue weighted by Crippen LogP contribution is -1.79. The minimum absolute atomic E-state index is 0.0735. The molecule has 0 aliphatic rings. The molecule has 0 heterocycles. The molecule has 0 aromatic heterocycles. The molecule has 0 radical (unpaired) electrons. The molecule has 0 unspecified atom stereocenters. The highest BCUT2D eigenvalue weighted by Crippen LogP contribution is 2.21. The van der Waals surface area contributed by atoms with Crippen LogP contribution in [0.3, 0.4) is 0 Å². The molecule has 0 atom stereocenters. The van der Waals surface area contributed by atoms with Crippen molar-refractivity contribution in [1.29, 1.82) is 0 Å². The largest absolute Gasteiger partial charge is 0.508 e. The Bertz CT molecular complexity index is 495. The number of aromatic hydroxyl groups is 2. The maximum Gasteiger partial charge on any atom is 0.119 e. The zero-order valence-electron chi connectivity index (χ0n) is 9.38. The normalized spacial score (nSPS) is 10.8. The third kappa shape index (κ3) is 3.38. The van der Waals surface area contributed by atoms with Crippen molar-refractivity contribution >= 4 is 6.08 Å². The van der Waals surface area contributed by atoms with E-state index in [-0.39, 0.29) is 11.5 Å². The lowest BCUT2D eigenvalue weighted by atomic mass is 10.1. The summed E-state index contributed by atoms with van der Waals surface area (Å²) in [5.74, 6) is 0.147. The van der Waals surface area contributed by atoms with Crippen LogP contribution in [-0.4, -0.2) is 10.2 Å². The number of hydrogen-bond donors (Lipinski definition) is 2. The molecular weight excluding hydrogens is 212 g/mol. The predicted molar refractivity (Wildman–Crippen MR) is 69.0 cm³/mol. The summed E-state index contributed by atoms with van der Waals surface area (Å²) >= 11 is 0.